The van der Waals surface area contributed by atoms with Crippen LogP contribution in [0.3, 0.4) is 0 Å². The smallest absolute Gasteiger partial charge is 0.135 e. The third kappa shape index (κ3) is 4.28. The van der Waals surface area contributed by atoms with E-state index in [1.54, 1.807) is 0 Å². The highest BCUT2D eigenvalue weighted by molar-refractivity contribution is 5.83. The monoisotopic (exact) mass is 304 g/mol. The van der Waals surface area contributed by atoms with Crippen molar-refractivity contribution < 1.29 is 13.2 Å². The molecule has 5 heteroatoms. The van der Waals surface area contributed by atoms with E-state index in [0.29, 0.717) is 17.5 Å². The van der Waals surface area contributed by atoms with Crippen molar-refractivity contribution in [1.29, 1.82) is 0 Å². The predicted octanol–water partition coefficient (Wildman–Crippen LogP) is 4.51. The van der Waals surface area contributed by atoms with Gasteiger partial charge in [-0.05, 0) is 41.8 Å². The van der Waals surface area contributed by atoms with Crippen molar-refractivity contribution in [2.45, 2.75) is 19.8 Å². The van der Waals surface area contributed by atoms with E-state index in [1.807, 2.05) is 6.92 Å². The topological polar surface area (TPSA) is 24.7 Å². The second kappa shape index (κ2) is 7.54. The summed E-state index contributed by atoms with van der Waals surface area (Å²) < 4.78 is 40.3. The summed E-state index contributed by atoms with van der Waals surface area (Å²) >= 11 is 0. The molecule has 0 aliphatic rings. The van der Waals surface area contributed by atoms with Crippen LogP contribution in [0.5, 0.6) is 0 Å². The molecule has 0 aliphatic carbocycles. The van der Waals surface area contributed by atoms with Crippen molar-refractivity contribution in [2.24, 2.45) is 10.2 Å². The minimum Gasteiger partial charge on any atom is -0.207 e. The molecule has 0 amide bonds. The Kier molecular flexibility index (Phi) is 5.47. The van der Waals surface area contributed by atoms with Gasteiger partial charge in [0.1, 0.15) is 17.5 Å². The molecule has 0 bridgehead atoms. The lowest BCUT2D eigenvalue weighted by atomic mass is 10.1. The van der Waals surface area contributed by atoms with E-state index in [4.69, 9.17) is 0 Å². The standard InChI is InChI=1S/C17H15F3N2/c1-2-3-13-8-16(19)15(17(20)9-13)11-22-21-10-12-4-6-14(18)7-5-12/h4-11H,2-3H2,1H3. The zero-order valence-electron chi connectivity index (χ0n) is 12.1. The van der Waals surface area contributed by atoms with E-state index in [-0.39, 0.29) is 11.4 Å². The van der Waals surface area contributed by atoms with Crippen molar-refractivity contribution in [1.82, 2.24) is 0 Å². The van der Waals surface area contributed by atoms with E-state index in [2.05, 4.69) is 10.2 Å². The molecule has 22 heavy (non-hydrogen) atoms. The van der Waals surface area contributed by atoms with Gasteiger partial charge in [0.05, 0.1) is 18.0 Å². The van der Waals surface area contributed by atoms with Crippen LogP contribution in [-0.2, 0) is 6.42 Å². The van der Waals surface area contributed by atoms with Gasteiger partial charge in [-0.25, -0.2) is 13.2 Å². The Morgan fingerprint density at radius 2 is 1.50 bits per heavy atom. The third-order valence-corrected chi connectivity index (χ3v) is 3.01. The molecule has 0 atom stereocenters. The average molecular weight is 304 g/mol. The summed E-state index contributed by atoms with van der Waals surface area (Å²) in [5, 5.41) is 7.32. The van der Waals surface area contributed by atoms with Gasteiger partial charge >= 0.3 is 0 Å². The number of nitrogens with zero attached hydrogens (tertiary/aromatic N) is 2. The molecule has 0 heterocycles. The van der Waals surface area contributed by atoms with Gasteiger partial charge in [0.25, 0.3) is 0 Å². The Morgan fingerprint density at radius 1 is 0.909 bits per heavy atom. The van der Waals surface area contributed by atoms with E-state index in [9.17, 15) is 13.2 Å². The lowest BCUT2D eigenvalue weighted by molar-refractivity contribution is 0.576. The second-order valence-corrected chi connectivity index (χ2v) is 4.76. The summed E-state index contributed by atoms with van der Waals surface area (Å²) in [5.41, 5.74) is 1.03. The zero-order valence-corrected chi connectivity index (χ0v) is 12.1. The molecule has 0 fully saturated rings. The van der Waals surface area contributed by atoms with Gasteiger partial charge in [0.15, 0.2) is 0 Å². The second-order valence-electron chi connectivity index (χ2n) is 4.76. The molecular formula is C17H15F3N2. The van der Waals surface area contributed by atoms with E-state index in [1.165, 1.54) is 42.6 Å². The number of aryl methyl sites for hydroxylation is 1. The summed E-state index contributed by atoms with van der Waals surface area (Å²) in [7, 11) is 0. The van der Waals surface area contributed by atoms with Crippen LogP contribution in [0.1, 0.15) is 30.0 Å². The first-order valence-corrected chi connectivity index (χ1v) is 6.90. The highest BCUT2D eigenvalue weighted by atomic mass is 19.1. The van der Waals surface area contributed by atoms with Gasteiger partial charge in [-0.2, -0.15) is 10.2 Å². The van der Waals surface area contributed by atoms with Crippen LogP contribution in [0.2, 0.25) is 0 Å². The molecule has 0 N–H and O–H groups in total. The Morgan fingerprint density at radius 3 is 2.09 bits per heavy atom. The molecule has 2 aromatic carbocycles. The summed E-state index contributed by atoms with van der Waals surface area (Å²) in [6.45, 7) is 1.94. The summed E-state index contributed by atoms with van der Waals surface area (Å²) in [6, 6.07) is 8.23. The molecule has 0 saturated carbocycles. The highest BCUT2D eigenvalue weighted by Gasteiger charge is 2.08. The van der Waals surface area contributed by atoms with Crippen molar-refractivity contribution in [3.8, 4) is 0 Å². The van der Waals surface area contributed by atoms with Gasteiger partial charge in [-0.15, -0.1) is 0 Å². The summed E-state index contributed by atoms with van der Waals surface area (Å²) in [4.78, 5) is 0. The van der Waals surface area contributed by atoms with E-state index < -0.39 is 11.6 Å². The largest absolute Gasteiger partial charge is 0.207 e. The van der Waals surface area contributed by atoms with Crippen LogP contribution in [-0.4, -0.2) is 12.4 Å². The molecule has 0 unspecified atom stereocenters. The normalized spacial score (nSPS) is 11.6. The fourth-order valence-corrected chi connectivity index (χ4v) is 1.93. The summed E-state index contributed by atoms with van der Waals surface area (Å²) in [6.07, 6.45) is 3.83. The lowest BCUT2D eigenvalue weighted by Crippen LogP contribution is -1.97. The highest BCUT2D eigenvalue weighted by Crippen LogP contribution is 2.15. The zero-order chi connectivity index (χ0) is 15.9. The Labute approximate surface area is 127 Å². The number of hydrogen-bond donors (Lipinski definition) is 0. The van der Waals surface area contributed by atoms with Gasteiger partial charge < -0.3 is 0 Å². The van der Waals surface area contributed by atoms with Crippen LogP contribution < -0.4 is 0 Å². The molecule has 0 aliphatic heterocycles. The number of halogens is 3. The van der Waals surface area contributed by atoms with Crippen molar-refractivity contribution in [3.63, 3.8) is 0 Å². The van der Waals surface area contributed by atoms with E-state index >= 15 is 0 Å². The first-order valence-electron chi connectivity index (χ1n) is 6.90. The maximum atomic E-state index is 13.8. The molecule has 2 nitrogen and oxygen atoms in total. The average Bonchev–Trinajstić information content (AvgIpc) is 2.48. The third-order valence-electron chi connectivity index (χ3n) is 3.01. The number of rotatable bonds is 5. The maximum Gasteiger partial charge on any atom is 0.135 e. The predicted molar refractivity (Wildman–Crippen MR) is 81.9 cm³/mol. The van der Waals surface area contributed by atoms with Crippen LogP contribution in [0.4, 0.5) is 13.2 Å². The quantitative estimate of drug-likeness (QED) is 0.573. The molecule has 2 rings (SSSR count). The summed E-state index contributed by atoms with van der Waals surface area (Å²) in [5.74, 6) is -1.68. The van der Waals surface area contributed by atoms with Crippen LogP contribution in [0.25, 0.3) is 0 Å². The van der Waals surface area contributed by atoms with Gasteiger partial charge in [-0.1, -0.05) is 25.5 Å². The number of hydrogen-bond acceptors (Lipinski definition) is 2. The van der Waals surface area contributed by atoms with E-state index in [0.717, 1.165) is 12.6 Å². The minimum atomic E-state index is -0.663. The van der Waals surface area contributed by atoms with Gasteiger partial charge in [-0.3, -0.25) is 0 Å². The minimum absolute atomic E-state index is 0.226. The Hall–Kier alpha value is -2.43. The maximum absolute atomic E-state index is 13.8. The molecule has 0 saturated heterocycles. The molecule has 114 valence electrons. The van der Waals surface area contributed by atoms with Crippen molar-refractivity contribution in [3.05, 3.63) is 70.5 Å². The van der Waals surface area contributed by atoms with Crippen molar-refractivity contribution in [2.75, 3.05) is 0 Å². The van der Waals surface area contributed by atoms with Crippen LogP contribution in [0, 0.1) is 17.5 Å². The molecule has 0 aromatic heterocycles. The first-order chi connectivity index (χ1) is 10.6. The lowest BCUT2D eigenvalue weighted by Gasteiger charge is -2.03. The SMILES string of the molecule is CCCc1cc(F)c(C=NN=Cc2ccc(F)cc2)c(F)c1. The molecule has 0 spiro atoms. The Bertz CT molecular complexity index is 669. The molecule has 0 radical (unpaired) electrons. The van der Waals surface area contributed by atoms with Crippen LogP contribution in [0.15, 0.2) is 46.6 Å². The number of benzene rings is 2. The Balaban J connectivity index is 2.11. The van der Waals surface area contributed by atoms with Crippen LogP contribution >= 0.6 is 0 Å². The first kappa shape index (κ1) is 15.9. The molecule has 2 aromatic rings. The fourth-order valence-electron chi connectivity index (χ4n) is 1.93. The van der Waals surface area contributed by atoms with Gasteiger partial charge in [0.2, 0.25) is 0 Å². The van der Waals surface area contributed by atoms with Gasteiger partial charge in [0, 0.05) is 0 Å². The fraction of sp³-hybridized carbons (Fsp3) is 0.176. The van der Waals surface area contributed by atoms with Crippen molar-refractivity contribution >= 4 is 12.4 Å². The molecular weight excluding hydrogens is 289 g/mol.